The lowest BCUT2D eigenvalue weighted by Gasteiger charge is -2.51. The summed E-state index contributed by atoms with van der Waals surface area (Å²) in [5, 5.41) is 10.5. The van der Waals surface area contributed by atoms with Gasteiger partial charge in [-0.25, -0.2) is 4.98 Å². The van der Waals surface area contributed by atoms with Crippen LogP contribution in [0.3, 0.4) is 0 Å². The van der Waals surface area contributed by atoms with Crippen LogP contribution < -0.4 is 0 Å². The largest absolute Gasteiger partial charge is 0.392 e. The molecule has 1 aromatic carbocycles. The van der Waals surface area contributed by atoms with Gasteiger partial charge in [0.1, 0.15) is 0 Å². The van der Waals surface area contributed by atoms with Gasteiger partial charge in [0.05, 0.1) is 30.4 Å². The molecule has 1 aliphatic carbocycles. The van der Waals surface area contributed by atoms with E-state index in [1.165, 1.54) is 16.8 Å². The summed E-state index contributed by atoms with van der Waals surface area (Å²) in [7, 11) is 0. The van der Waals surface area contributed by atoms with E-state index >= 15 is 0 Å². The second-order valence-corrected chi connectivity index (χ2v) is 6.52. The van der Waals surface area contributed by atoms with Crippen LogP contribution in [0.1, 0.15) is 31.9 Å². The lowest BCUT2D eigenvalue weighted by molar-refractivity contribution is -0.112. The van der Waals surface area contributed by atoms with Crippen molar-refractivity contribution in [2.75, 3.05) is 0 Å². The molecule has 1 aliphatic heterocycles. The van der Waals surface area contributed by atoms with E-state index < -0.39 is 0 Å². The van der Waals surface area contributed by atoms with E-state index in [1.807, 2.05) is 12.5 Å². The standard InChI is InChI=1S/C16H18N2O/c1-16(2)7-12(15(16)19)14-11-6-4-3-5-10(11)13-8-17-9-18(13)14/h3-6,8-9,12,14-15,19H,7H2,1-2H3/t12-,14?,15-/m1/s1. The zero-order valence-electron chi connectivity index (χ0n) is 11.2. The molecule has 1 aromatic heterocycles. The summed E-state index contributed by atoms with van der Waals surface area (Å²) in [6.45, 7) is 4.29. The molecular formula is C16H18N2O. The first kappa shape index (κ1) is 11.2. The maximum absolute atomic E-state index is 10.5. The Morgan fingerprint density at radius 3 is 2.84 bits per heavy atom. The molecule has 2 aromatic rings. The Labute approximate surface area is 112 Å². The van der Waals surface area contributed by atoms with Crippen LogP contribution in [-0.4, -0.2) is 20.8 Å². The molecular weight excluding hydrogens is 236 g/mol. The number of aliphatic hydroxyl groups excluding tert-OH is 1. The second-order valence-electron chi connectivity index (χ2n) is 6.52. The molecule has 4 rings (SSSR count). The van der Waals surface area contributed by atoms with Crippen molar-refractivity contribution in [2.24, 2.45) is 11.3 Å². The van der Waals surface area contributed by atoms with E-state index in [0.717, 1.165) is 6.42 Å². The van der Waals surface area contributed by atoms with Gasteiger partial charge in [-0.05, 0) is 17.4 Å². The molecule has 0 spiro atoms. The molecule has 1 saturated carbocycles. The van der Waals surface area contributed by atoms with Crippen LogP contribution in [0, 0.1) is 11.3 Å². The van der Waals surface area contributed by atoms with Gasteiger partial charge < -0.3 is 9.67 Å². The lowest BCUT2D eigenvalue weighted by atomic mass is 9.58. The summed E-state index contributed by atoms with van der Waals surface area (Å²) >= 11 is 0. The third-order valence-corrected chi connectivity index (χ3v) is 4.89. The van der Waals surface area contributed by atoms with E-state index in [4.69, 9.17) is 0 Å². The normalized spacial score (nSPS) is 30.6. The van der Waals surface area contributed by atoms with E-state index in [1.54, 1.807) is 0 Å². The van der Waals surface area contributed by atoms with Gasteiger partial charge in [-0.1, -0.05) is 38.1 Å². The van der Waals surface area contributed by atoms with Gasteiger partial charge in [0.25, 0.3) is 0 Å². The fourth-order valence-electron chi connectivity index (χ4n) is 3.85. The van der Waals surface area contributed by atoms with Crippen LogP contribution >= 0.6 is 0 Å². The van der Waals surface area contributed by atoms with Crippen molar-refractivity contribution in [3.05, 3.63) is 42.4 Å². The molecule has 2 heterocycles. The van der Waals surface area contributed by atoms with Crippen molar-refractivity contribution in [1.29, 1.82) is 0 Å². The summed E-state index contributed by atoms with van der Waals surface area (Å²) in [5.74, 6) is 0.298. The number of nitrogens with zero attached hydrogens (tertiary/aromatic N) is 2. The number of hydrogen-bond acceptors (Lipinski definition) is 2. The number of rotatable bonds is 1. The average Bonchev–Trinajstić information content (AvgIpc) is 2.96. The third kappa shape index (κ3) is 1.34. The fourth-order valence-corrected chi connectivity index (χ4v) is 3.85. The van der Waals surface area contributed by atoms with Crippen molar-refractivity contribution < 1.29 is 5.11 Å². The van der Waals surface area contributed by atoms with Gasteiger partial charge in [0.2, 0.25) is 0 Å². The predicted octanol–water partition coefficient (Wildman–Crippen LogP) is 2.86. The second kappa shape index (κ2) is 3.48. The van der Waals surface area contributed by atoms with Crippen molar-refractivity contribution in [3.8, 4) is 11.3 Å². The molecule has 0 amide bonds. The van der Waals surface area contributed by atoms with Crippen LogP contribution in [0.4, 0.5) is 0 Å². The number of benzene rings is 1. The smallest absolute Gasteiger partial charge is 0.0956 e. The van der Waals surface area contributed by atoms with E-state index in [0.29, 0.717) is 5.92 Å². The molecule has 3 heteroatoms. The van der Waals surface area contributed by atoms with Crippen molar-refractivity contribution >= 4 is 0 Å². The quantitative estimate of drug-likeness (QED) is 0.849. The minimum Gasteiger partial charge on any atom is -0.392 e. The van der Waals surface area contributed by atoms with Gasteiger partial charge in [-0.15, -0.1) is 0 Å². The molecule has 1 N–H and O–H groups in total. The first-order chi connectivity index (χ1) is 9.09. The summed E-state index contributed by atoms with van der Waals surface area (Å²) < 4.78 is 2.23. The number of aromatic nitrogens is 2. The highest BCUT2D eigenvalue weighted by Crippen LogP contribution is 2.55. The molecule has 3 nitrogen and oxygen atoms in total. The minimum absolute atomic E-state index is 0.0446. The number of aliphatic hydroxyl groups is 1. The molecule has 0 bridgehead atoms. The molecule has 19 heavy (non-hydrogen) atoms. The highest BCUT2D eigenvalue weighted by atomic mass is 16.3. The summed E-state index contributed by atoms with van der Waals surface area (Å²) in [6, 6.07) is 8.74. The highest BCUT2D eigenvalue weighted by molar-refractivity contribution is 5.69. The zero-order chi connectivity index (χ0) is 13.2. The van der Waals surface area contributed by atoms with E-state index in [9.17, 15) is 5.11 Å². The Balaban J connectivity index is 1.82. The maximum atomic E-state index is 10.5. The molecule has 1 unspecified atom stereocenters. The molecule has 98 valence electrons. The van der Waals surface area contributed by atoms with Gasteiger partial charge in [-0.3, -0.25) is 0 Å². The average molecular weight is 254 g/mol. The summed E-state index contributed by atoms with van der Waals surface area (Å²) in [4.78, 5) is 4.28. The Hall–Kier alpha value is -1.61. The topological polar surface area (TPSA) is 38.0 Å². The fraction of sp³-hybridized carbons (Fsp3) is 0.438. The van der Waals surface area contributed by atoms with E-state index in [-0.39, 0.29) is 17.6 Å². The van der Waals surface area contributed by atoms with Crippen LogP contribution in [0.2, 0.25) is 0 Å². The van der Waals surface area contributed by atoms with Crippen LogP contribution in [0.5, 0.6) is 0 Å². The first-order valence-corrected chi connectivity index (χ1v) is 6.89. The Kier molecular flexibility index (Phi) is 2.06. The minimum atomic E-state index is -0.237. The van der Waals surface area contributed by atoms with E-state index in [2.05, 4.69) is 47.7 Å². The van der Waals surface area contributed by atoms with Gasteiger partial charge >= 0.3 is 0 Å². The zero-order valence-corrected chi connectivity index (χ0v) is 11.2. The number of hydrogen-bond donors (Lipinski definition) is 1. The third-order valence-electron chi connectivity index (χ3n) is 4.89. The van der Waals surface area contributed by atoms with Gasteiger partial charge in [0.15, 0.2) is 0 Å². The molecule has 3 atom stereocenters. The molecule has 0 radical (unpaired) electrons. The van der Waals surface area contributed by atoms with Gasteiger partial charge in [-0.2, -0.15) is 0 Å². The van der Waals surface area contributed by atoms with Crippen LogP contribution in [0.15, 0.2) is 36.8 Å². The monoisotopic (exact) mass is 254 g/mol. The van der Waals surface area contributed by atoms with Gasteiger partial charge in [0, 0.05) is 11.5 Å². The van der Waals surface area contributed by atoms with Crippen LogP contribution in [-0.2, 0) is 0 Å². The Bertz CT molecular complexity index is 644. The van der Waals surface area contributed by atoms with Crippen molar-refractivity contribution in [2.45, 2.75) is 32.4 Å². The Morgan fingerprint density at radius 1 is 1.32 bits per heavy atom. The predicted molar refractivity (Wildman–Crippen MR) is 73.7 cm³/mol. The van der Waals surface area contributed by atoms with Crippen LogP contribution in [0.25, 0.3) is 11.3 Å². The lowest BCUT2D eigenvalue weighted by Crippen LogP contribution is -2.51. The molecule has 0 saturated heterocycles. The first-order valence-electron chi connectivity index (χ1n) is 6.89. The number of imidazole rings is 1. The Morgan fingerprint density at radius 2 is 2.11 bits per heavy atom. The number of fused-ring (bicyclic) bond motifs is 3. The van der Waals surface area contributed by atoms with Crippen molar-refractivity contribution in [3.63, 3.8) is 0 Å². The summed E-state index contributed by atoms with van der Waals surface area (Å²) in [6.07, 6.45) is 4.65. The SMILES string of the molecule is CC1(C)C[C@H](C2c3ccccc3-c3cncn32)[C@H]1O. The van der Waals surface area contributed by atoms with Crippen molar-refractivity contribution in [1.82, 2.24) is 9.55 Å². The summed E-state index contributed by atoms with van der Waals surface area (Å²) in [5.41, 5.74) is 3.82. The maximum Gasteiger partial charge on any atom is 0.0956 e. The molecule has 1 fully saturated rings. The molecule has 2 aliphatic rings. The highest BCUT2D eigenvalue weighted by Gasteiger charge is 2.52.